The van der Waals surface area contributed by atoms with E-state index in [0.717, 1.165) is 15.6 Å². The average Bonchev–Trinajstić information content (AvgIpc) is 2.23. The van der Waals surface area contributed by atoms with Gasteiger partial charge in [-0.25, -0.2) is 0 Å². The van der Waals surface area contributed by atoms with Crippen molar-refractivity contribution in [3.05, 3.63) is 46.5 Å². The van der Waals surface area contributed by atoms with E-state index in [1.54, 1.807) is 6.08 Å². The van der Waals surface area contributed by atoms with Crippen molar-refractivity contribution in [2.45, 2.75) is 13.0 Å². The van der Waals surface area contributed by atoms with Gasteiger partial charge in [0.15, 0.2) is 0 Å². The minimum Gasteiger partial charge on any atom is -0.480 e. The molecule has 0 aromatic heterocycles. The van der Waals surface area contributed by atoms with Gasteiger partial charge in [-0.2, -0.15) is 0 Å². The van der Waals surface area contributed by atoms with Gasteiger partial charge in [-0.05, 0) is 24.1 Å². The zero-order valence-electron chi connectivity index (χ0n) is 9.03. The number of carboxylic acids is 1. The number of aryl methyl sites for hydroxylation is 1. The Hall–Kier alpha value is -1.13. The van der Waals surface area contributed by atoms with Gasteiger partial charge in [0.2, 0.25) is 0 Å². The van der Waals surface area contributed by atoms with E-state index in [0.29, 0.717) is 6.54 Å². The van der Waals surface area contributed by atoms with Crippen LogP contribution in [0.15, 0.2) is 35.3 Å². The average molecular weight is 284 g/mol. The third-order valence-corrected chi connectivity index (χ3v) is 3.10. The standard InChI is InChI=1S/C12H14BrNO2/c1-3-6-14-11(12(15)16)9-5-4-8(2)10(13)7-9/h3-5,7,11,14H,1,6H2,2H3,(H,15,16). The number of hydrogen-bond acceptors (Lipinski definition) is 2. The Morgan fingerprint density at radius 3 is 2.88 bits per heavy atom. The van der Waals surface area contributed by atoms with Gasteiger partial charge in [0.1, 0.15) is 6.04 Å². The molecule has 0 aliphatic carbocycles. The minimum absolute atomic E-state index is 0.461. The van der Waals surface area contributed by atoms with Gasteiger partial charge >= 0.3 is 5.97 Å². The second-order valence-electron chi connectivity index (χ2n) is 3.48. The number of hydrogen-bond donors (Lipinski definition) is 2. The van der Waals surface area contributed by atoms with E-state index in [2.05, 4.69) is 27.8 Å². The van der Waals surface area contributed by atoms with Crippen LogP contribution >= 0.6 is 15.9 Å². The fourth-order valence-electron chi connectivity index (χ4n) is 1.34. The number of halogens is 1. The largest absolute Gasteiger partial charge is 0.480 e. The highest BCUT2D eigenvalue weighted by molar-refractivity contribution is 9.10. The maximum Gasteiger partial charge on any atom is 0.325 e. The molecule has 0 saturated carbocycles. The zero-order chi connectivity index (χ0) is 12.1. The lowest BCUT2D eigenvalue weighted by Crippen LogP contribution is -2.28. The molecule has 0 aliphatic heterocycles. The number of aliphatic carboxylic acids is 1. The molecule has 86 valence electrons. The van der Waals surface area contributed by atoms with Crippen LogP contribution < -0.4 is 5.32 Å². The first kappa shape index (κ1) is 12.9. The van der Waals surface area contributed by atoms with Gasteiger partial charge in [-0.1, -0.05) is 34.1 Å². The van der Waals surface area contributed by atoms with Gasteiger partial charge in [0.05, 0.1) is 0 Å². The number of benzene rings is 1. The predicted octanol–water partition coefficient (Wildman–Crippen LogP) is 2.66. The van der Waals surface area contributed by atoms with Crippen LogP contribution in [0.3, 0.4) is 0 Å². The summed E-state index contributed by atoms with van der Waals surface area (Å²) < 4.78 is 0.914. The van der Waals surface area contributed by atoms with Gasteiger partial charge in [0, 0.05) is 11.0 Å². The van der Waals surface area contributed by atoms with Crippen LogP contribution in [-0.2, 0) is 4.79 Å². The van der Waals surface area contributed by atoms with Crippen molar-refractivity contribution >= 4 is 21.9 Å². The van der Waals surface area contributed by atoms with E-state index in [4.69, 9.17) is 5.11 Å². The summed E-state index contributed by atoms with van der Waals surface area (Å²) >= 11 is 3.39. The molecular weight excluding hydrogens is 270 g/mol. The first-order valence-corrected chi connectivity index (χ1v) is 5.68. The van der Waals surface area contributed by atoms with Crippen molar-refractivity contribution in [2.75, 3.05) is 6.54 Å². The molecule has 0 fully saturated rings. The Balaban J connectivity index is 2.96. The highest BCUT2D eigenvalue weighted by Gasteiger charge is 2.18. The molecule has 1 aromatic carbocycles. The van der Waals surface area contributed by atoms with Gasteiger partial charge in [0.25, 0.3) is 0 Å². The van der Waals surface area contributed by atoms with E-state index < -0.39 is 12.0 Å². The van der Waals surface area contributed by atoms with Crippen molar-refractivity contribution in [2.24, 2.45) is 0 Å². The first-order chi connectivity index (χ1) is 7.56. The molecule has 2 N–H and O–H groups in total. The molecule has 0 heterocycles. The van der Waals surface area contributed by atoms with E-state index in [1.807, 2.05) is 25.1 Å². The van der Waals surface area contributed by atoms with Crippen LogP contribution in [0.2, 0.25) is 0 Å². The number of carboxylic acid groups (broad SMARTS) is 1. The monoisotopic (exact) mass is 283 g/mol. The molecule has 1 aromatic rings. The molecule has 0 aliphatic rings. The molecule has 0 saturated heterocycles. The van der Waals surface area contributed by atoms with Crippen LogP contribution in [-0.4, -0.2) is 17.6 Å². The highest BCUT2D eigenvalue weighted by atomic mass is 79.9. The van der Waals surface area contributed by atoms with Crippen LogP contribution in [0.25, 0.3) is 0 Å². The molecule has 1 rings (SSSR count). The van der Waals surface area contributed by atoms with Crippen molar-refractivity contribution in [3.8, 4) is 0 Å². The molecular formula is C12H14BrNO2. The fraction of sp³-hybridized carbons (Fsp3) is 0.250. The Labute approximate surface area is 103 Å². The summed E-state index contributed by atoms with van der Waals surface area (Å²) in [5.41, 5.74) is 1.81. The van der Waals surface area contributed by atoms with Crippen LogP contribution in [0, 0.1) is 6.92 Å². The number of rotatable bonds is 5. The smallest absolute Gasteiger partial charge is 0.325 e. The third kappa shape index (κ3) is 3.18. The quantitative estimate of drug-likeness (QED) is 0.817. The van der Waals surface area contributed by atoms with Crippen LogP contribution in [0.5, 0.6) is 0 Å². The van der Waals surface area contributed by atoms with Crippen LogP contribution in [0.1, 0.15) is 17.2 Å². The first-order valence-electron chi connectivity index (χ1n) is 4.89. The lowest BCUT2D eigenvalue weighted by Gasteiger charge is -2.14. The van der Waals surface area contributed by atoms with Gasteiger partial charge < -0.3 is 5.11 Å². The summed E-state index contributed by atoms with van der Waals surface area (Å²) in [6.07, 6.45) is 1.64. The molecule has 1 unspecified atom stereocenters. The lowest BCUT2D eigenvalue weighted by molar-refractivity contribution is -0.139. The van der Waals surface area contributed by atoms with Crippen molar-refractivity contribution in [1.82, 2.24) is 5.32 Å². The Bertz CT molecular complexity index is 404. The summed E-state index contributed by atoms with van der Waals surface area (Å²) in [5, 5.41) is 12.0. The molecule has 4 heteroatoms. The van der Waals surface area contributed by atoms with Crippen LogP contribution in [0.4, 0.5) is 0 Å². The minimum atomic E-state index is -0.891. The van der Waals surface area contributed by atoms with Crippen molar-refractivity contribution < 1.29 is 9.90 Å². The predicted molar refractivity (Wildman–Crippen MR) is 67.5 cm³/mol. The molecule has 0 bridgehead atoms. The summed E-state index contributed by atoms with van der Waals surface area (Å²) in [6.45, 7) is 5.97. The second-order valence-corrected chi connectivity index (χ2v) is 4.33. The zero-order valence-corrected chi connectivity index (χ0v) is 10.6. The normalized spacial score (nSPS) is 12.1. The topological polar surface area (TPSA) is 49.3 Å². The SMILES string of the molecule is C=CCNC(C(=O)O)c1ccc(C)c(Br)c1. The van der Waals surface area contributed by atoms with E-state index >= 15 is 0 Å². The van der Waals surface area contributed by atoms with Crippen molar-refractivity contribution in [1.29, 1.82) is 0 Å². The van der Waals surface area contributed by atoms with Crippen molar-refractivity contribution in [3.63, 3.8) is 0 Å². The van der Waals surface area contributed by atoms with E-state index in [9.17, 15) is 4.79 Å². The Morgan fingerprint density at radius 1 is 1.69 bits per heavy atom. The maximum atomic E-state index is 11.1. The lowest BCUT2D eigenvalue weighted by atomic mass is 10.1. The fourth-order valence-corrected chi connectivity index (χ4v) is 1.73. The summed E-state index contributed by atoms with van der Waals surface area (Å²) in [6, 6.07) is 4.83. The summed E-state index contributed by atoms with van der Waals surface area (Å²) in [5.74, 6) is -0.891. The maximum absolute atomic E-state index is 11.1. The molecule has 0 radical (unpaired) electrons. The molecule has 0 amide bonds. The van der Waals surface area contributed by atoms with Gasteiger partial charge in [-0.15, -0.1) is 6.58 Å². The molecule has 16 heavy (non-hydrogen) atoms. The van der Waals surface area contributed by atoms with Gasteiger partial charge in [-0.3, -0.25) is 10.1 Å². The number of nitrogens with one attached hydrogen (secondary N) is 1. The highest BCUT2D eigenvalue weighted by Crippen LogP contribution is 2.22. The Kier molecular flexibility index (Phi) is 4.71. The third-order valence-electron chi connectivity index (χ3n) is 2.24. The van der Waals surface area contributed by atoms with E-state index in [-0.39, 0.29) is 0 Å². The van der Waals surface area contributed by atoms with E-state index in [1.165, 1.54) is 0 Å². The molecule has 0 spiro atoms. The Morgan fingerprint density at radius 2 is 2.38 bits per heavy atom. The molecule has 1 atom stereocenters. The molecule has 3 nitrogen and oxygen atoms in total. The number of carbonyl (C=O) groups is 1. The second kappa shape index (κ2) is 5.82. The summed E-state index contributed by atoms with van der Waals surface area (Å²) in [4.78, 5) is 11.1. The summed E-state index contributed by atoms with van der Waals surface area (Å²) in [7, 11) is 0.